The minimum Gasteiger partial charge on any atom is -0.235 e. The molecule has 1 aliphatic rings. The van der Waals surface area contributed by atoms with Crippen molar-refractivity contribution in [2.45, 2.75) is 0 Å². The lowest BCUT2D eigenvalue weighted by Crippen LogP contribution is -2.59. The lowest BCUT2D eigenvalue weighted by Gasteiger charge is -2.27. The van der Waals surface area contributed by atoms with E-state index < -0.39 is 50.0 Å². The molecule has 0 aliphatic carbocycles. The van der Waals surface area contributed by atoms with Gasteiger partial charge in [0.1, 0.15) is 0 Å². The molecule has 0 atom stereocenters. The monoisotopic (exact) mass is 228 g/mol. The molecule has 1 rings (SSSR count). The molecule has 0 aromatic carbocycles. The van der Waals surface area contributed by atoms with E-state index >= 15 is 0 Å². The van der Waals surface area contributed by atoms with Crippen molar-refractivity contribution < 1.29 is 23.3 Å². The van der Waals surface area contributed by atoms with Crippen LogP contribution in [-0.4, -0.2) is 50.0 Å². The highest BCUT2D eigenvalue weighted by atomic mass is 16.7. The third-order valence-corrected chi connectivity index (χ3v) is 1.06. The number of rotatable bonds is 3. The van der Waals surface area contributed by atoms with Crippen LogP contribution in [0, 0.1) is 30.3 Å². The van der Waals surface area contributed by atoms with Crippen molar-refractivity contribution in [3.8, 4) is 0 Å². The summed E-state index contributed by atoms with van der Waals surface area (Å²) in [5.41, 5.74) is 0. The summed E-state index contributed by atoms with van der Waals surface area (Å²) in [6.07, 6.45) is 0. The highest BCUT2D eigenvalue weighted by Gasteiger charge is 2.39. The fourth-order valence-corrected chi connectivity index (χ4v) is 0.555. The highest BCUT2D eigenvalue weighted by Crippen LogP contribution is 2.06. The van der Waals surface area contributed by atoms with Crippen molar-refractivity contribution in [1.82, 2.24) is 15.0 Å². The quantitative estimate of drug-likeness (QED) is 0.410. The van der Waals surface area contributed by atoms with E-state index in [1.165, 1.54) is 0 Å². The minimum atomic E-state index is -3.94. The first-order chi connectivity index (χ1) is 9.20. The summed E-state index contributed by atoms with van der Waals surface area (Å²) in [7, 11) is 0. The van der Waals surface area contributed by atoms with Crippen LogP contribution in [0.15, 0.2) is 0 Å². The normalized spacial score (nSPS) is 32.4. The molecule has 0 N–H and O–H groups in total. The SMILES string of the molecule is [2H]C1([2H])N([N+](=O)[O-])C([2H])([2H])N([N+](=O)[O-])C([2H])([2H])N1[N+](=O)[O-]. The maximum atomic E-state index is 10.8. The van der Waals surface area contributed by atoms with E-state index in [-0.39, 0.29) is 0 Å². The van der Waals surface area contributed by atoms with Crippen LogP contribution in [0.2, 0.25) is 0 Å². The molecule has 0 unspecified atom stereocenters. The Morgan fingerprint density at radius 3 is 1.13 bits per heavy atom. The first kappa shape index (κ1) is 4.90. The predicted octanol–water partition coefficient (Wildman–Crippen LogP) is -1.65. The Bertz CT molecular complexity index is 422. The van der Waals surface area contributed by atoms with Crippen LogP contribution in [0.5, 0.6) is 0 Å². The molecule has 0 amide bonds. The van der Waals surface area contributed by atoms with Gasteiger partial charge in [-0.15, -0.1) is 0 Å². The van der Waals surface area contributed by atoms with Crippen molar-refractivity contribution in [1.29, 1.82) is 0 Å². The molecule has 12 heteroatoms. The molecule has 0 saturated carbocycles. The standard InChI is InChI=1S/C3H6N6O6/c10-7(11)4-1-5(8(12)13)3-6(2-4)9(14)15/h1-3H2/i1D2,2D2,3D2. The first-order valence-corrected chi connectivity index (χ1v) is 3.04. The molecule has 0 aromatic rings. The second kappa shape index (κ2) is 3.77. The largest absolute Gasteiger partial charge is 0.235 e. The van der Waals surface area contributed by atoms with Crippen LogP contribution in [0.4, 0.5) is 0 Å². The van der Waals surface area contributed by atoms with Crippen molar-refractivity contribution in [2.75, 3.05) is 19.9 Å². The van der Waals surface area contributed by atoms with Crippen LogP contribution in [-0.2, 0) is 0 Å². The van der Waals surface area contributed by atoms with Gasteiger partial charge in [0, 0.05) is 0 Å². The zero-order chi connectivity index (χ0) is 17.0. The van der Waals surface area contributed by atoms with Gasteiger partial charge >= 0.3 is 0 Å². The molecule has 0 spiro atoms. The molecule has 1 fully saturated rings. The van der Waals surface area contributed by atoms with Gasteiger partial charge in [0.05, 0.1) is 8.22 Å². The molecule has 0 aromatic heterocycles. The van der Waals surface area contributed by atoms with Crippen LogP contribution in [0.1, 0.15) is 8.22 Å². The molecule has 15 heavy (non-hydrogen) atoms. The van der Waals surface area contributed by atoms with Crippen molar-refractivity contribution in [2.24, 2.45) is 0 Å². The van der Waals surface area contributed by atoms with E-state index in [4.69, 9.17) is 8.22 Å². The summed E-state index contributed by atoms with van der Waals surface area (Å²) < 4.78 is 43.5. The summed E-state index contributed by atoms with van der Waals surface area (Å²) in [6, 6.07) is 0. The number of nitrogens with zero attached hydrogens (tertiary/aromatic N) is 6. The third kappa shape index (κ3) is 2.29. The maximum absolute atomic E-state index is 10.8. The number of hydrogen-bond donors (Lipinski definition) is 0. The van der Waals surface area contributed by atoms with E-state index in [9.17, 15) is 30.3 Å². The lowest BCUT2D eigenvalue weighted by atomic mass is 10.7. The zero-order valence-electron chi connectivity index (χ0n) is 12.6. The second-order valence-electron chi connectivity index (χ2n) is 1.95. The fraction of sp³-hybridized carbons (Fsp3) is 1.00. The molecule has 1 saturated heterocycles. The minimum absolute atomic E-state index is 1.06. The average Bonchev–Trinajstić information content (AvgIpc) is 2.07. The molecule has 1 aliphatic heterocycles. The van der Waals surface area contributed by atoms with E-state index in [0.717, 1.165) is 0 Å². The zero-order valence-corrected chi connectivity index (χ0v) is 6.63. The van der Waals surface area contributed by atoms with Crippen LogP contribution >= 0.6 is 0 Å². The first-order valence-electron chi connectivity index (χ1n) is 6.04. The average molecular weight is 228 g/mol. The summed E-state index contributed by atoms with van der Waals surface area (Å²) in [4.78, 5) is 32.3. The fourth-order valence-electron chi connectivity index (χ4n) is 0.555. The van der Waals surface area contributed by atoms with Gasteiger partial charge in [-0.3, -0.25) is 0 Å². The van der Waals surface area contributed by atoms with E-state index in [2.05, 4.69) is 0 Å². The Morgan fingerprint density at radius 1 is 0.800 bits per heavy atom. The molecule has 84 valence electrons. The van der Waals surface area contributed by atoms with Gasteiger partial charge in [0.2, 0.25) is 19.9 Å². The van der Waals surface area contributed by atoms with Gasteiger partial charge in [0.25, 0.3) is 0 Å². The lowest BCUT2D eigenvalue weighted by molar-refractivity contribution is -0.775. The van der Waals surface area contributed by atoms with Crippen molar-refractivity contribution >= 4 is 0 Å². The smallest absolute Gasteiger partial charge is 0.212 e. The molecular formula is C3H6N6O6. The third-order valence-electron chi connectivity index (χ3n) is 1.06. The van der Waals surface area contributed by atoms with Gasteiger partial charge in [0.15, 0.2) is 15.1 Å². The summed E-state index contributed by atoms with van der Waals surface area (Å²) in [5.74, 6) is 0. The van der Waals surface area contributed by atoms with Crippen LogP contribution in [0.25, 0.3) is 0 Å². The highest BCUT2D eigenvalue weighted by molar-refractivity contribution is 4.50. The topological polar surface area (TPSA) is 139 Å². The van der Waals surface area contributed by atoms with Gasteiger partial charge in [-0.2, -0.15) is 0 Å². The maximum Gasteiger partial charge on any atom is 0.212 e. The van der Waals surface area contributed by atoms with Crippen LogP contribution < -0.4 is 0 Å². The van der Waals surface area contributed by atoms with Crippen molar-refractivity contribution in [3.05, 3.63) is 30.3 Å². The molecular weight excluding hydrogens is 216 g/mol. The molecule has 12 nitrogen and oxygen atoms in total. The molecule has 0 radical (unpaired) electrons. The second-order valence-corrected chi connectivity index (χ2v) is 1.95. The molecule has 0 bridgehead atoms. The van der Waals surface area contributed by atoms with Gasteiger partial charge in [-0.05, 0) is 0 Å². The van der Waals surface area contributed by atoms with E-state index in [0.29, 0.717) is 0 Å². The van der Waals surface area contributed by atoms with Gasteiger partial charge in [-0.1, -0.05) is 15.0 Å². The summed E-state index contributed by atoms with van der Waals surface area (Å²) >= 11 is 0. The van der Waals surface area contributed by atoms with Gasteiger partial charge in [-0.25, -0.2) is 30.3 Å². The molecule has 1 heterocycles. The number of nitro groups is 3. The Balaban J connectivity index is 3.70. The number of hydrogen-bond acceptors (Lipinski definition) is 6. The summed E-state index contributed by atoms with van der Waals surface area (Å²) in [6.45, 7) is -11.8. The number of hydrazine groups is 3. The summed E-state index contributed by atoms with van der Waals surface area (Å²) in [5, 5.41) is 23.8. The Hall–Kier alpha value is -2.40. The van der Waals surface area contributed by atoms with Gasteiger partial charge < -0.3 is 0 Å². The Kier molecular flexibility index (Phi) is 1.23. The van der Waals surface area contributed by atoms with E-state index in [1.807, 2.05) is 0 Å². The Labute approximate surface area is 90.0 Å². The Morgan fingerprint density at radius 2 is 1.00 bits per heavy atom. The van der Waals surface area contributed by atoms with E-state index in [1.54, 1.807) is 0 Å². The van der Waals surface area contributed by atoms with Crippen molar-refractivity contribution in [3.63, 3.8) is 0 Å². The predicted molar refractivity (Wildman–Crippen MR) is 41.1 cm³/mol. The van der Waals surface area contributed by atoms with Crippen LogP contribution in [0.3, 0.4) is 0 Å².